The van der Waals surface area contributed by atoms with Crippen LogP contribution in [0.2, 0.25) is 5.02 Å². The quantitative estimate of drug-likeness (QED) is 0.560. The van der Waals surface area contributed by atoms with Crippen LogP contribution >= 0.6 is 11.6 Å². The maximum Gasteiger partial charge on any atom is 0.251 e. The van der Waals surface area contributed by atoms with E-state index in [0.717, 1.165) is 6.26 Å². The first-order valence-electron chi connectivity index (χ1n) is 10.6. The van der Waals surface area contributed by atoms with Crippen molar-refractivity contribution in [3.63, 3.8) is 0 Å². The van der Waals surface area contributed by atoms with Gasteiger partial charge in [0.25, 0.3) is 5.91 Å². The Bertz CT molecular complexity index is 1350. The van der Waals surface area contributed by atoms with Crippen LogP contribution in [-0.2, 0) is 14.6 Å². The largest absolute Gasteiger partial charge is 0.340 e. The average Bonchev–Trinajstić information content (AvgIpc) is 2.80. The van der Waals surface area contributed by atoms with E-state index in [0.29, 0.717) is 29.0 Å². The molecular weight excluding hydrogens is 479 g/mol. The molecule has 6 nitrogen and oxygen atoms in total. The molecule has 1 aliphatic rings. The summed E-state index contributed by atoms with van der Waals surface area (Å²) in [5.41, 5.74) is 0.982. The van der Waals surface area contributed by atoms with E-state index in [9.17, 15) is 18.0 Å². The Hall–Kier alpha value is -3.23. The van der Waals surface area contributed by atoms with Gasteiger partial charge in [-0.25, -0.2) is 12.8 Å². The molecule has 1 N–H and O–H groups in total. The van der Waals surface area contributed by atoms with Gasteiger partial charge in [0.2, 0.25) is 5.91 Å². The lowest BCUT2D eigenvalue weighted by Gasteiger charge is -2.33. The summed E-state index contributed by atoms with van der Waals surface area (Å²) in [4.78, 5) is 26.5. The van der Waals surface area contributed by atoms with Crippen molar-refractivity contribution < 1.29 is 22.4 Å². The second kappa shape index (κ2) is 9.56. The average molecular weight is 501 g/mol. The van der Waals surface area contributed by atoms with Crippen LogP contribution in [0, 0.1) is 5.82 Å². The van der Waals surface area contributed by atoms with Gasteiger partial charge in [-0.2, -0.15) is 0 Å². The van der Waals surface area contributed by atoms with E-state index in [2.05, 4.69) is 5.32 Å². The number of halogens is 2. The molecule has 1 unspecified atom stereocenters. The molecule has 1 atom stereocenters. The summed E-state index contributed by atoms with van der Waals surface area (Å²) < 4.78 is 40.8. The minimum atomic E-state index is -3.96. The highest BCUT2D eigenvalue weighted by Crippen LogP contribution is 2.36. The van der Waals surface area contributed by atoms with Gasteiger partial charge < -0.3 is 10.2 Å². The zero-order chi connectivity index (χ0) is 24.5. The van der Waals surface area contributed by atoms with Crippen LogP contribution in [-0.4, -0.2) is 39.1 Å². The third-order valence-corrected chi connectivity index (χ3v) is 7.07. The molecule has 34 heavy (non-hydrogen) atoms. The zero-order valence-electron chi connectivity index (χ0n) is 18.3. The molecule has 176 valence electrons. The Morgan fingerprint density at radius 3 is 2.38 bits per heavy atom. The molecule has 2 amide bonds. The van der Waals surface area contributed by atoms with E-state index in [1.165, 1.54) is 17.0 Å². The number of anilines is 1. The van der Waals surface area contributed by atoms with Crippen LogP contribution in [0.15, 0.2) is 71.6 Å². The summed E-state index contributed by atoms with van der Waals surface area (Å²) in [5.74, 6) is -1.94. The number of piperidine rings is 1. The van der Waals surface area contributed by atoms with E-state index in [4.69, 9.17) is 11.6 Å². The van der Waals surface area contributed by atoms with Gasteiger partial charge in [0.15, 0.2) is 15.7 Å². The molecule has 1 saturated heterocycles. The maximum absolute atomic E-state index is 15.7. The first-order chi connectivity index (χ1) is 16.2. The van der Waals surface area contributed by atoms with Gasteiger partial charge in [0.1, 0.15) is 10.9 Å². The van der Waals surface area contributed by atoms with Crippen LogP contribution in [0.5, 0.6) is 0 Å². The van der Waals surface area contributed by atoms with Crippen molar-refractivity contribution in [3.8, 4) is 11.1 Å². The summed E-state index contributed by atoms with van der Waals surface area (Å²) in [7, 11) is -3.96. The molecule has 0 bridgehead atoms. The van der Waals surface area contributed by atoms with Crippen molar-refractivity contribution in [1.29, 1.82) is 0 Å². The Morgan fingerprint density at radius 2 is 1.74 bits per heavy atom. The van der Waals surface area contributed by atoms with Crippen molar-refractivity contribution in [1.82, 2.24) is 5.32 Å². The van der Waals surface area contributed by atoms with Crippen LogP contribution in [0.1, 0.15) is 23.2 Å². The maximum atomic E-state index is 15.7. The molecular formula is C25H22ClFN2O4S. The predicted molar refractivity (Wildman–Crippen MR) is 129 cm³/mol. The van der Waals surface area contributed by atoms with E-state index < -0.39 is 38.4 Å². The standard InChI is InChI=1S/C25H22ClFN2O4S/c1-34(32,33)23-19(16-6-3-2-4-7-16)13-14-21(22(23)27)29-15-5-8-20(25(29)31)28-24(30)17-9-11-18(26)12-10-17/h2-4,6-7,9-14,20H,5,8,15H2,1H3,(H,28,30). The number of benzene rings is 3. The zero-order valence-corrected chi connectivity index (χ0v) is 19.9. The van der Waals surface area contributed by atoms with Gasteiger partial charge >= 0.3 is 0 Å². The fourth-order valence-corrected chi connectivity index (χ4v) is 5.19. The minimum absolute atomic E-state index is 0.129. The van der Waals surface area contributed by atoms with Gasteiger partial charge in [0, 0.05) is 29.0 Å². The molecule has 3 aromatic carbocycles. The fraction of sp³-hybridized carbons (Fsp3) is 0.200. The third-order valence-electron chi connectivity index (χ3n) is 5.67. The van der Waals surface area contributed by atoms with Crippen LogP contribution in [0.4, 0.5) is 10.1 Å². The number of carbonyl (C=O) groups is 2. The molecule has 1 fully saturated rings. The van der Waals surface area contributed by atoms with Crippen molar-refractivity contribution in [2.45, 2.75) is 23.8 Å². The topological polar surface area (TPSA) is 83.6 Å². The molecule has 0 aromatic heterocycles. The monoisotopic (exact) mass is 500 g/mol. The van der Waals surface area contributed by atoms with Gasteiger partial charge in [-0.3, -0.25) is 9.59 Å². The molecule has 0 aliphatic carbocycles. The van der Waals surface area contributed by atoms with Crippen LogP contribution in [0.25, 0.3) is 11.1 Å². The van der Waals surface area contributed by atoms with E-state index in [1.807, 2.05) is 0 Å². The van der Waals surface area contributed by atoms with Crippen molar-refractivity contribution in [2.24, 2.45) is 0 Å². The molecule has 9 heteroatoms. The summed E-state index contributed by atoms with van der Waals surface area (Å²) in [6.45, 7) is 0.205. The molecule has 1 heterocycles. The van der Waals surface area contributed by atoms with Gasteiger partial charge in [-0.1, -0.05) is 48.0 Å². The molecule has 0 saturated carbocycles. The number of nitrogens with one attached hydrogen (secondary N) is 1. The normalized spacial score (nSPS) is 16.4. The lowest BCUT2D eigenvalue weighted by Crippen LogP contribution is -2.52. The number of hydrogen-bond donors (Lipinski definition) is 1. The Kier molecular flexibility index (Phi) is 6.72. The number of hydrogen-bond acceptors (Lipinski definition) is 4. The van der Waals surface area contributed by atoms with Crippen LogP contribution in [0.3, 0.4) is 0 Å². The summed E-state index contributed by atoms with van der Waals surface area (Å²) >= 11 is 5.86. The number of rotatable bonds is 5. The van der Waals surface area contributed by atoms with E-state index in [-0.39, 0.29) is 17.8 Å². The van der Waals surface area contributed by atoms with E-state index in [1.54, 1.807) is 54.6 Å². The summed E-state index contributed by atoms with van der Waals surface area (Å²) in [5, 5.41) is 3.17. The lowest BCUT2D eigenvalue weighted by molar-refractivity contribution is -0.121. The van der Waals surface area contributed by atoms with Crippen molar-refractivity contribution in [2.75, 3.05) is 17.7 Å². The Labute approximate surface area is 202 Å². The lowest BCUT2D eigenvalue weighted by atomic mass is 10.0. The SMILES string of the molecule is CS(=O)(=O)c1c(-c2ccccc2)ccc(N2CCCC(NC(=O)c3ccc(Cl)cc3)C2=O)c1F. The Balaban J connectivity index is 1.66. The number of sulfone groups is 1. The second-order valence-electron chi connectivity index (χ2n) is 8.08. The fourth-order valence-electron chi connectivity index (χ4n) is 4.05. The summed E-state index contributed by atoms with van der Waals surface area (Å²) in [6.07, 6.45) is 1.83. The second-order valence-corrected chi connectivity index (χ2v) is 10.5. The highest BCUT2D eigenvalue weighted by molar-refractivity contribution is 7.90. The van der Waals surface area contributed by atoms with Crippen molar-refractivity contribution in [3.05, 3.63) is 83.1 Å². The minimum Gasteiger partial charge on any atom is -0.340 e. The third kappa shape index (κ3) is 4.83. The highest BCUT2D eigenvalue weighted by atomic mass is 35.5. The van der Waals surface area contributed by atoms with Gasteiger partial charge in [-0.15, -0.1) is 0 Å². The molecule has 1 aliphatic heterocycles. The Morgan fingerprint density at radius 1 is 1.06 bits per heavy atom. The number of amides is 2. The number of carbonyl (C=O) groups excluding carboxylic acids is 2. The van der Waals surface area contributed by atoms with Crippen molar-refractivity contribution >= 4 is 38.9 Å². The smallest absolute Gasteiger partial charge is 0.251 e. The van der Waals surface area contributed by atoms with Gasteiger partial charge in [0.05, 0.1) is 5.69 Å². The predicted octanol–water partition coefficient (Wildman–Crippen LogP) is 4.48. The summed E-state index contributed by atoms with van der Waals surface area (Å²) in [6, 6.07) is 16.9. The molecule has 4 rings (SSSR count). The van der Waals surface area contributed by atoms with Gasteiger partial charge in [-0.05, 0) is 48.7 Å². The number of nitrogens with zero attached hydrogens (tertiary/aromatic N) is 1. The van der Waals surface area contributed by atoms with Crippen LogP contribution < -0.4 is 10.2 Å². The molecule has 3 aromatic rings. The first kappa shape index (κ1) is 23.9. The molecule has 0 spiro atoms. The first-order valence-corrected chi connectivity index (χ1v) is 12.9. The van der Waals surface area contributed by atoms with E-state index >= 15 is 4.39 Å². The molecule has 0 radical (unpaired) electrons. The highest BCUT2D eigenvalue weighted by Gasteiger charge is 2.34.